The molecule has 300 valence electrons. The molecule has 9 heteroatoms. The summed E-state index contributed by atoms with van der Waals surface area (Å²) in [4.78, 5) is 12.9. The number of allylic oxidation sites excluding steroid dienone is 3. The SMILES string of the molecule is CCCCCCCC/C=C/CCCCCCCC(=O)NC(COC1OC(CO)C(O)C(O)C1O)C(O)/C=C/CCCCCCCCCCCCC. The minimum Gasteiger partial charge on any atom is -0.394 e. The van der Waals surface area contributed by atoms with Crippen LogP contribution in [0.15, 0.2) is 24.3 Å². The number of aliphatic hydroxyl groups is 5. The summed E-state index contributed by atoms with van der Waals surface area (Å²) < 4.78 is 11.2. The number of rotatable bonds is 34. The zero-order chi connectivity index (χ0) is 37.4. The minimum absolute atomic E-state index is 0.187. The molecule has 0 saturated carbocycles. The van der Waals surface area contributed by atoms with Crippen LogP contribution in [0.5, 0.6) is 0 Å². The van der Waals surface area contributed by atoms with Gasteiger partial charge in [0.2, 0.25) is 5.91 Å². The normalized spacial score (nSPS) is 22.2. The predicted octanol–water partition coefficient (Wildman–Crippen LogP) is 7.94. The number of carbonyl (C=O) groups is 1. The molecule has 0 aromatic heterocycles. The molecule has 1 saturated heterocycles. The Hall–Kier alpha value is -1.33. The molecule has 0 radical (unpaired) electrons. The average Bonchev–Trinajstić information content (AvgIpc) is 3.13. The highest BCUT2D eigenvalue weighted by Crippen LogP contribution is 2.22. The number of nitrogens with one attached hydrogen (secondary N) is 1. The van der Waals surface area contributed by atoms with Crippen LogP contribution in [0, 0.1) is 0 Å². The van der Waals surface area contributed by atoms with Gasteiger partial charge in [-0.05, 0) is 44.9 Å². The first-order chi connectivity index (χ1) is 24.8. The van der Waals surface area contributed by atoms with Crippen molar-refractivity contribution >= 4 is 5.91 Å². The van der Waals surface area contributed by atoms with Crippen molar-refractivity contribution in [2.24, 2.45) is 0 Å². The van der Waals surface area contributed by atoms with Crippen molar-refractivity contribution in [3.8, 4) is 0 Å². The molecule has 7 unspecified atom stereocenters. The lowest BCUT2D eigenvalue weighted by atomic mass is 9.99. The second-order valence-electron chi connectivity index (χ2n) is 14.8. The first-order valence-electron chi connectivity index (χ1n) is 21.1. The molecule has 6 N–H and O–H groups in total. The summed E-state index contributed by atoms with van der Waals surface area (Å²) in [6, 6.07) is -0.804. The fourth-order valence-corrected chi connectivity index (χ4v) is 6.56. The maximum atomic E-state index is 12.9. The van der Waals surface area contributed by atoms with Gasteiger partial charge in [0.05, 0.1) is 25.4 Å². The van der Waals surface area contributed by atoms with Gasteiger partial charge in [0.1, 0.15) is 24.4 Å². The summed E-state index contributed by atoms with van der Waals surface area (Å²) in [5.41, 5.74) is 0. The van der Waals surface area contributed by atoms with Crippen molar-refractivity contribution < 1.29 is 39.8 Å². The highest BCUT2D eigenvalue weighted by atomic mass is 16.7. The standard InChI is InChI=1S/C42H79NO8/c1-3-5-7-9-11-13-15-17-18-20-22-24-26-28-30-32-38(46)43-35(34-50-42-41(49)40(48)39(47)37(33-44)51-42)36(45)31-29-27-25-23-21-19-16-14-12-10-8-6-4-2/h17-18,29,31,35-37,39-42,44-45,47-49H,3-16,19-28,30,32-34H2,1-2H3,(H,43,46)/b18-17+,31-29+. The Morgan fingerprint density at radius 1 is 0.647 bits per heavy atom. The summed E-state index contributed by atoms with van der Waals surface area (Å²) in [5.74, 6) is -0.187. The monoisotopic (exact) mass is 726 g/mol. The van der Waals surface area contributed by atoms with Crippen LogP contribution in [-0.2, 0) is 14.3 Å². The average molecular weight is 726 g/mol. The van der Waals surface area contributed by atoms with Gasteiger partial charge < -0.3 is 40.3 Å². The van der Waals surface area contributed by atoms with Gasteiger partial charge in [0, 0.05) is 6.42 Å². The molecule has 7 atom stereocenters. The molecule has 0 aromatic carbocycles. The number of unbranched alkanes of at least 4 members (excludes halogenated alkanes) is 22. The number of aliphatic hydroxyl groups excluding tert-OH is 5. The molecule has 1 aliphatic heterocycles. The summed E-state index contributed by atoms with van der Waals surface area (Å²) in [6.07, 6.45) is 30.7. The number of ether oxygens (including phenoxy) is 2. The smallest absolute Gasteiger partial charge is 0.220 e. The van der Waals surface area contributed by atoms with Gasteiger partial charge in [-0.2, -0.15) is 0 Å². The Bertz CT molecular complexity index is 853. The molecule has 1 heterocycles. The Morgan fingerprint density at radius 3 is 1.59 bits per heavy atom. The van der Waals surface area contributed by atoms with E-state index >= 15 is 0 Å². The van der Waals surface area contributed by atoms with E-state index < -0.39 is 49.5 Å². The first-order valence-corrected chi connectivity index (χ1v) is 21.1. The third-order valence-electron chi connectivity index (χ3n) is 10.0. The van der Waals surface area contributed by atoms with E-state index in [1.54, 1.807) is 6.08 Å². The second-order valence-corrected chi connectivity index (χ2v) is 14.8. The van der Waals surface area contributed by atoms with Gasteiger partial charge in [0.25, 0.3) is 0 Å². The largest absolute Gasteiger partial charge is 0.394 e. The number of carbonyl (C=O) groups excluding carboxylic acids is 1. The van der Waals surface area contributed by atoms with Crippen molar-refractivity contribution in [1.82, 2.24) is 5.32 Å². The highest BCUT2D eigenvalue weighted by Gasteiger charge is 2.44. The van der Waals surface area contributed by atoms with Gasteiger partial charge in [-0.25, -0.2) is 0 Å². The Labute approximate surface area is 311 Å². The van der Waals surface area contributed by atoms with Crippen LogP contribution >= 0.6 is 0 Å². The molecule has 0 bridgehead atoms. The van der Waals surface area contributed by atoms with E-state index in [1.165, 1.54) is 103 Å². The van der Waals surface area contributed by atoms with E-state index in [-0.39, 0.29) is 12.5 Å². The van der Waals surface area contributed by atoms with Crippen molar-refractivity contribution in [3.63, 3.8) is 0 Å². The molecule has 1 amide bonds. The third kappa shape index (κ3) is 24.6. The topological polar surface area (TPSA) is 149 Å². The van der Waals surface area contributed by atoms with E-state index in [1.807, 2.05) is 6.08 Å². The molecule has 0 spiro atoms. The van der Waals surface area contributed by atoms with E-state index in [4.69, 9.17) is 9.47 Å². The first kappa shape index (κ1) is 47.7. The fourth-order valence-electron chi connectivity index (χ4n) is 6.56. The van der Waals surface area contributed by atoms with Crippen molar-refractivity contribution in [2.75, 3.05) is 13.2 Å². The van der Waals surface area contributed by atoms with Crippen molar-refractivity contribution in [3.05, 3.63) is 24.3 Å². The maximum absolute atomic E-state index is 12.9. The summed E-state index contributed by atoms with van der Waals surface area (Å²) in [5, 5.41) is 54.0. The minimum atomic E-state index is -1.56. The van der Waals surface area contributed by atoms with Gasteiger partial charge in [-0.15, -0.1) is 0 Å². The van der Waals surface area contributed by atoms with Crippen LogP contribution < -0.4 is 5.32 Å². The fraction of sp³-hybridized carbons (Fsp3) is 0.881. The van der Waals surface area contributed by atoms with Crippen LogP contribution in [0.25, 0.3) is 0 Å². The van der Waals surface area contributed by atoms with Gasteiger partial charge in [-0.1, -0.05) is 154 Å². The second kappa shape index (κ2) is 33.3. The quantitative estimate of drug-likeness (QED) is 0.0289. The zero-order valence-corrected chi connectivity index (χ0v) is 32.6. The molecule has 51 heavy (non-hydrogen) atoms. The van der Waals surface area contributed by atoms with Gasteiger partial charge >= 0.3 is 0 Å². The Kier molecular flexibility index (Phi) is 31.1. The molecule has 1 fully saturated rings. The zero-order valence-electron chi connectivity index (χ0n) is 32.6. The number of hydrogen-bond acceptors (Lipinski definition) is 8. The lowest BCUT2D eigenvalue weighted by Crippen LogP contribution is -2.60. The van der Waals surface area contributed by atoms with Crippen LogP contribution in [-0.4, -0.2) is 87.5 Å². The molecule has 0 aliphatic carbocycles. The van der Waals surface area contributed by atoms with Crippen LogP contribution in [0.4, 0.5) is 0 Å². The van der Waals surface area contributed by atoms with Crippen LogP contribution in [0.1, 0.15) is 181 Å². The van der Waals surface area contributed by atoms with Crippen molar-refractivity contribution in [1.29, 1.82) is 0 Å². The van der Waals surface area contributed by atoms with E-state index in [0.717, 1.165) is 57.8 Å². The molecule has 1 aliphatic rings. The predicted molar refractivity (Wildman–Crippen MR) is 207 cm³/mol. The molecule has 9 nitrogen and oxygen atoms in total. The lowest BCUT2D eigenvalue weighted by Gasteiger charge is -2.40. The molecular formula is C42H79NO8. The van der Waals surface area contributed by atoms with Gasteiger partial charge in [0.15, 0.2) is 6.29 Å². The number of hydrogen-bond donors (Lipinski definition) is 6. The van der Waals surface area contributed by atoms with E-state index in [9.17, 15) is 30.3 Å². The molecule has 1 rings (SSSR count). The van der Waals surface area contributed by atoms with Gasteiger partial charge in [-0.3, -0.25) is 4.79 Å². The summed E-state index contributed by atoms with van der Waals surface area (Å²) in [6.45, 7) is 3.74. The van der Waals surface area contributed by atoms with E-state index in [0.29, 0.717) is 6.42 Å². The van der Waals surface area contributed by atoms with Crippen LogP contribution in [0.3, 0.4) is 0 Å². The number of amides is 1. The Morgan fingerprint density at radius 2 is 1.10 bits per heavy atom. The third-order valence-corrected chi connectivity index (χ3v) is 10.0. The highest BCUT2D eigenvalue weighted by molar-refractivity contribution is 5.76. The summed E-state index contributed by atoms with van der Waals surface area (Å²) >= 11 is 0. The van der Waals surface area contributed by atoms with Crippen LogP contribution in [0.2, 0.25) is 0 Å². The maximum Gasteiger partial charge on any atom is 0.220 e. The molecule has 0 aromatic rings. The Balaban J connectivity index is 2.42. The van der Waals surface area contributed by atoms with E-state index in [2.05, 4.69) is 31.3 Å². The summed E-state index contributed by atoms with van der Waals surface area (Å²) in [7, 11) is 0. The lowest BCUT2D eigenvalue weighted by molar-refractivity contribution is -0.302. The van der Waals surface area contributed by atoms with Crippen molar-refractivity contribution in [2.45, 2.75) is 224 Å². The molecular weight excluding hydrogens is 646 g/mol.